The lowest BCUT2D eigenvalue weighted by atomic mass is 10.2. The zero-order valence-corrected chi connectivity index (χ0v) is 14.1. The number of hydrogen-bond donors (Lipinski definition) is 1. The van der Waals surface area contributed by atoms with Crippen LogP contribution in [-0.2, 0) is 4.79 Å². The number of likely N-dealkylation sites (tertiary alicyclic amines) is 1. The number of nitrogens with zero attached hydrogens (tertiary/aromatic N) is 3. The van der Waals surface area contributed by atoms with Crippen LogP contribution in [-0.4, -0.2) is 46.1 Å². The first-order valence-electron chi connectivity index (χ1n) is 8.24. The number of nitrogens with one attached hydrogen (secondary N) is 1. The van der Waals surface area contributed by atoms with Crippen LogP contribution in [0.4, 0.5) is 0 Å². The number of carbonyl (C=O) groups is 2. The third kappa shape index (κ3) is 3.48. The van der Waals surface area contributed by atoms with Crippen molar-refractivity contribution in [3.05, 3.63) is 47.3 Å². The van der Waals surface area contributed by atoms with E-state index in [1.165, 1.54) is 0 Å². The van der Waals surface area contributed by atoms with Crippen LogP contribution in [0.25, 0.3) is 5.69 Å². The Morgan fingerprint density at radius 3 is 2.58 bits per heavy atom. The van der Waals surface area contributed by atoms with Crippen molar-refractivity contribution in [2.75, 3.05) is 19.6 Å². The molecule has 0 saturated carbocycles. The van der Waals surface area contributed by atoms with Gasteiger partial charge < -0.3 is 10.2 Å². The van der Waals surface area contributed by atoms with Crippen molar-refractivity contribution in [3.63, 3.8) is 0 Å². The lowest BCUT2D eigenvalue weighted by Crippen LogP contribution is -2.38. The summed E-state index contributed by atoms with van der Waals surface area (Å²) in [6.07, 6.45) is 2.09. The topological polar surface area (TPSA) is 67.2 Å². The summed E-state index contributed by atoms with van der Waals surface area (Å²) in [6, 6.07) is 9.25. The van der Waals surface area contributed by atoms with Crippen molar-refractivity contribution in [2.45, 2.75) is 26.7 Å². The zero-order chi connectivity index (χ0) is 17.1. The minimum Gasteiger partial charge on any atom is -0.343 e. The van der Waals surface area contributed by atoms with Gasteiger partial charge in [-0.2, -0.15) is 5.10 Å². The van der Waals surface area contributed by atoms with Gasteiger partial charge in [-0.05, 0) is 51.0 Å². The average molecular weight is 326 g/mol. The average Bonchev–Trinajstić information content (AvgIpc) is 3.22. The van der Waals surface area contributed by atoms with Gasteiger partial charge in [0.05, 0.1) is 17.9 Å². The number of aryl methyl sites for hydroxylation is 2. The molecule has 0 bridgehead atoms. The molecule has 1 aliphatic heterocycles. The van der Waals surface area contributed by atoms with E-state index in [4.69, 9.17) is 0 Å². The van der Waals surface area contributed by atoms with E-state index in [1.807, 2.05) is 36.7 Å². The Kier molecular flexibility index (Phi) is 4.64. The highest BCUT2D eigenvalue weighted by atomic mass is 16.2. The van der Waals surface area contributed by atoms with E-state index in [0.717, 1.165) is 43.0 Å². The Labute approximate surface area is 141 Å². The highest BCUT2D eigenvalue weighted by molar-refractivity contribution is 5.96. The standard InChI is InChI=1S/C18H22N4O2/c1-13-10-14(2)22(20-13)16-7-5-6-15(11-16)18(24)19-12-17(23)21-8-3-4-9-21/h5-7,10-11H,3-4,8-9,12H2,1-2H3,(H,19,24). The Morgan fingerprint density at radius 2 is 1.92 bits per heavy atom. The third-order valence-corrected chi connectivity index (χ3v) is 4.22. The second-order valence-corrected chi connectivity index (χ2v) is 6.16. The smallest absolute Gasteiger partial charge is 0.251 e. The maximum Gasteiger partial charge on any atom is 0.251 e. The van der Waals surface area contributed by atoms with Crippen molar-refractivity contribution in [2.24, 2.45) is 0 Å². The molecular weight excluding hydrogens is 304 g/mol. The summed E-state index contributed by atoms with van der Waals surface area (Å²) in [5.74, 6) is -0.263. The van der Waals surface area contributed by atoms with Crippen molar-refractivity contribution in [1.82, 2.24) is 20.0 Å². The molecule has 2 heterocycles. The summed E-state index contributed by atoms with van der Waals surface area (Å²) < 4.78 is 1.81. The van der Waals surface area contributed by atoms with Gasteiger partial charge in [-0.15, -0.1) is 0 Å². The SMILES string of the molecule is Cc1cc(C)n(-c2cccc(C(=O)NCC(=O)N3CCCC3)c2)n1. The molecule has 6 nitrogen and oxygen atoms in total. The van der Waals surface area contributed by atoms with E-state index in [9.17, 15) is 9.59 Å². The van der Waals surface area contributed by atoms with Crippen LogP contribution in [0.2, 0.25) is 0 Å². The number of rotatable bonds is 4. The van der Waals surface area contributed by atoms with Gasteiger partial charge in [0.1, 0.15) is 0 Å². The van der Waals surface area contributed by atoms with E-state index in [0.29, 0.717) is 5.56 Å². The van der Waals surface area contributed by atoms with E-state index in [1.54, 1.807) is 17.0 Å². The number of carbonyl (C=O) groups excluding carboxylic acids is 2. The molecule has 1 fully saturated rings. The molecule has 0 radical (unpaired) electrons. The molecule has 126 valence electrons. The van der Waals surface area contributed by atoms with E-state index >= 15 is 0 Å². The predicted molar refractivity (Wildman–Crippen MR) is 91.2 cm³/mol. The second-order valence-electron chi connectivity index (χ2n) is 6.16. The summed E-state index contributed by atoms with van der Waals surface area (Å²) >= 11 is 0. The maximum absolute atomic E-state index is 12.3. The number of benzene rings is 1. The normalized spacial score (nSPS) is 14.0. The van der Waals surface area contributed by atoms with Gasteiger partial charge in [-0.25, -0.2) is 4.68 Å². The minimum absolute atomic E-state index is 0.0180. The minimum atomic E-state index is -0.245. The molecule has 2 aromatic rings. The molecule has 1 aliphatic rings. The summed E-state index contributed by atoms with van der Waals surface area (Å²) in [5, 5.41) is 7.15. The van der Waals surface area contributed by atoms with Crippen LogP contribution >= 0.6 is 0 Å². The molecule has 1 aromatic heterocycles. The number of amides is 2. The van der Waals surface area contributed by atoms with Gasteiger partial charge in [0.25, 0.3) is 5.91 Å². The van der Waals surface area contributed by atoms with Crippen LogP contribution in [0.1, 0.15) is 34.6 Å². The number of aromatic nitrogens is 2. The molecule has 0 atom stereocenters. The van der Waals surface area contributed by atoms with Gasteiger partial charge in [0.2, 0.25) is 5.91 Å². The monoisotopic (exact) mass is 326 g/mol. The fraction of sp³-hybridized carbons (Fsp3) is 0.389. The van der Waals surface area contributed by atoms with Crippen LogP contribution in [0.15, 0.2) is 30.3 Å². The van der Waals surface area contributed by atoms with Gasteiger partial charge >= 0.3 is 0 Å². The summed E-state index contributed by atoms with van der Waals surface area (Å²) in [4.78, 5) is 26.1. The summed E-state index contributed by atoms with van der Waals surface area (Å²) in [7, 11) is 0. The third-order valence-electron chi connectivity index (χ3n) is 4.22. The zero-order valence-electron chi connectivity index (χ0n) is 14.1. The van der Waals surface area contributed by atoms with E-state index < -0.39 is 0 Å². The molecule has 2 amide bonds. The van der Waals surface area contributed by atoms with Crippen molar-refractivity contribution in [1.29, 1.82) is 0 Å². The first-order valence-corrected chi connectivity index (χ1v) is 8.24. The highest BCUT2D eigenvalue weighted by Crippen LogP contribution is 2.14. The Balaban J connectivity index is 1.68. The Morgan fingerprint density at radius 1 is 1.17 bits per heavy atom. The lowest BCUT2D eigenvalue weighted by Gasteiger charge is -2.15. The fourth-order valence-corrected chi connectivity index (χ4v) is 3.01. The first kappa shape index (κ1) is 16.2. The van der Waals surface area contributed by atoms with Crippen molar-refractivity contribution >= 4 is 11.8 Å². The van der Waals surface area contributed by atoms with Crippen LogP contribution in [0.5, 0.6) is 0 Å². The van der Waals surface area contributed by atoms with E-state index in [-0.39, 0.29) is 18.4 Å². The largest absolute Gasteiger partial charge is 0.343 e. The van der Waals surface area contributed by atoms with Gasteiger partial charge in [0.15, 0.2) is 0 Å². The second kappa shape index (κ2) is 6.86. The molecule has 3 rings (SSSR count). The molecule has 6 heteroatoms. The van der Waals surface area contributed by atoms with E-state index in [2.05, 4.69) is 10.4 Å². The van der Waals surface area contributed by atoms with Crippen molar-refractivity contribution < 1.29 is 9.59 Å². The molecule has 0 spiro atoms. The molecule has 1 N–H and O–H groups in total. The summed E-state index contributed by atoms with van der Waals surface area (Å²) in [5.41, 5.74) is 3.29. The van der Waals surface area contributed by atoms with Crippen LogP contribution < -0.4 is 5.32 Å². The van der Waals surface area contributed by atoms with Gasteiger partial charge in [-0.3, -0.25) is 9.59 Å². The molecule has 1 aromatic carbocycles. The van der Waals surface area contributed by atoms with Gasteiger partial charge in [-0.1, -0.05) is 6.07 Å². The fourth-order valence-electron chi connectivity index (χ4n) is 3.01. The lowest BCUT2D eigenvalue weighted by molar-refractivity contribution is -0.129. The molecule has 0 aliphatic carbocycles. The highest BCUT2D eigenvalue weighted by Gasteiger charge is 2.18. The van der Waals surface area contributed by atoms with Crippen LogP contribution in [0.3, 0.4) is 0 Å². The van der Waals surface area contributed by atoms with Crippen LogP contribution in [0, 0.1) is 13.8 Å². The molecular formula is C18H22N4O2. The molecule has 24 heavy (non-hydrogen) atoms. The quantitative estimate of drug-likeness (QED) is 0.932. The maximum atomic E-state index is 12.3. The first-order chi connectivity index (χ1) is 11.5. The van der Waals surface area contributed by atoms with Gasteiger partial charge in [0, 0.05) is 24.3 Å². The molecule has 1 saturated heterocycles. The summed E-state index contributed by atoms with van der Waals surface area (Å²) in [6.45, 7) is 5.54. The molecule has 0 unspecified atom stereocenters. The Hall–Kier alpha value is -2.63. The Bertz CT molecular complexity index is 760. The number of hydrogen-bond acceptors (Lipinski definition) is 3. The van der Waals surface area contributed by atoms with Crippen molar-refractivity contribution in [3.8, 4) is 5.69 Å². The predicted octanol–water partition coefficient (Wildman–Crippen LogP) is 1.84.